The molecule has 6 heterocycles. The molecule has 3 saturated heterocycles. The number of aryl methyl sites for hydroxylation is 1. The third kappa shape index (κ3) is 8.34. The Kier molecular flexibility index (Phi) is 11.3. The molecule has 312 valence electrons. The van der Waals surface area contributed by atoms with Crippen LogP contribution in [0.3, 0.4) is 0 Å². The maximum atomic E-state index is 15.0. The van der Waals surface area contributed by atoms with E-state index < -0.39 is 11.7 Å². The molecule has 4 fully saturated rings. The predicted molar refractivity (Wildman–Crippen MR) is 226 cm³/mol. The lowest BCUT2D eigenvalue weighted by atomic mass is 9.84. The van der Waals surface area contributed by atoms with E-state index in [-0.39, 0.29) is 40.9 Å². The highest BCUT2D eigenvalue weighted by atomic mass is 19.1. The van der Waals surface area contributed by atoms with E-state index in [2.05, 4.69) is 48.6 Å². The number of likely N-dealkylation sites (tertiary alicyclic amines) is 2. The van der Waals surface area contributed by atoms with Crippen LogP contribution in [0.25, 0.3) is 27.8 Å². The van der Waals surface area contributed by atoms with Crippen LogP contribution in [-0.4, -0.2) is 90.6 Å². The summed E-state index contributed by atoms with van der Waals surface area (Å²) in [4.78, 5) is 63.8. The second kappa shape index (κ2) is 17.1. The number of imide groups is 1. The molecule has 1 saturated carbocycles. The van der Waals surface area contributed by atoms with Crippen molar-refractivity contribution in [2.75, 3.05) is 38.0 Å². The molecule has 3 aromatic heterocycles. The highest BCUT2D eigenvalue weighted by Crippen LogP contribution is 2.36. The molecular weight excluding hydrogens is 762 g/mol. The van der Waals surface area contributed by atoms with Crippen LogP contribution >= 0.6 is 0 Å². The zero-order valence-electron chi connectivity index (χ0n) is 34.1. The number of nitrogens with zero attached hydrogens (tertiary/aromatic N) is 7. The van der Waals surface area contributed by atoms with Gasteiger partial charge in [-0.2, -0.15) is 5.10 Å². The first-order valence-electron chi connectivity index (χ1n) is 21.6. The average molecular weight is 814 g/mol. The minimum Gasteiger partial charge on any atom is -0.351 e. The third-order valence-corrected chi connectivity index (χ3v) is 13.3. The Labute approximate surface area is 348 Å². The second-order valence-corrected chi connectivity index (χ2v) is 17.2. The van der Waals surface area contributed by atoms with Crippen molar-refractivity contribution in [1.82, 2.24) is 39.4 Å². The molecule has 0 bridgehead atoms. The first kappa shape index (κ1) is 39.7. The number of fused-ring (bicyclic) bond motifs is 1. The van der Waals surface area contributed by atoms with Crippen molar-refractivity contribution in [1.29, 1.82) is 0 Å². The number of nitrogens with one attached hydrogen (secondary N) is 2. The number of amides is 3. The summed E-state index contributed by atoms with van der Waals surface area (Å²) in [5.74, 6) is 0.296. The summed E-state index contributed by atoms with van der Waals surface area (Å²) in [5, 5.41) is 11.6. The van der Waals surface area contributed by atoms with E-state index in [0.717, 1.165) is 101 Å². The van der Waals surface area contributed by atoms with Gasteiger partial charge in [0.15, 0.2) is 5.82 Å². The van der Waals surface area contributed by atoms with E-state index in [1.807, 2.05) is 11.7 Å². The maximum absolute atomic E-state index is 15.0. The SMILES string of the molecule is Cn1nc(C2CCC(=O)NC2=O)c2ccc(C3CCN(CC4CCN(C(=O)[C@H]5CC[C@H](Nc6ncc(F)c(-c7cccc(-n8ccccc8=O)c7)n6)CC5)CC4)CC3)cc21. The van der Waals surface area contributed by atoms with Crippen molar-refractivity contribution >= 4 is 34.6 Å². The summed E-state index contributed by atoms with van der Waals surface area (Å²) in [6.45, 7) is 4.82. The van der Waals surface area contributed by atoms with Crippen molar-refractivity contribution in [3.05, 3.63) is 100 Å². The smallest absolute Gasteiger partial charge is 0.255 e. The van der Waals surface area contributed by atoms with Gasteiger partial charge in [-0.15, -0.1) is 0 Å². The van der Waals surface area contributed by atoms with Crippen LogP contribution in [0.4, 0.5) is 10.3 Å². The lowest BCUT2D eigenvalue weighted by Gasteiger charge is -2.39. The fourth-order valence-electron chi connectivity index (χ4n) is 9.93. The molecule has 0 radical (unpaired) electrons. The minimum atomic E-state index is -0.540. The van der Waals surface area contributed by atoms with Gasteiger partial charge in [0.05, 0.1) is 23.3 Å². The fourth-order valence-corrected chi connectivity index (χ4v) is 9.93. The van der Waals surface area contributed by atoms with Gasteiger partial charge < -0.3 is 15.1 Å². The molecule has 4 aliphatic rings. The van der Waals surface area contributed by atoms with Gasteiger partial charge in [-0.1, -0.05) is 30.3 Å². The number of pyridine rings is 1. The highest BCUT2D eigenvalue weighted by Gasteiger charge is 2.34. The number of benzene rings is 2. The number of hydrogen-bond donors (Lipinski definition) is 2. The molecule has 3 amide bonds. The van der Waals surface area contributed by atoms with E-state index in [4.69, 9.17) is 5.10 Å². The number of carbonyl (C=O) groups excluding carboxylic acids is 3. The summed E-state index contributed by atoms with van der Waals surface area (Å²) in [5.41, 5.74) is 4.26. The Hall–Kier alpha value is -5.76. The molecule has 3 aliphatic heterocycles. The van der Waals surface area contributed by atoms with Crippen molar-refractivity contribution in [3.63, 3.8) is 0 Å². The van der Waals surface area contributed by atoms with Crippen LogP contribution < -0.4 is 16.2 Å². The molecule has 0 spiro atoms. The van der Waals surface area contributed by atoms with E-state index >= 15 is 4.39 Å². The normalized spacial score (nSPS) is 22.2. The van der Waals surface area contributed by atoms with Crippen LogP contribution in [0, 0.1) is 17.7 Å². The van der Waals surface area contributed by atoms with Gasteiger partial charge >= 0.3 is 0 Å². The summed E-state index contributed by atoms with van der Waals surface area (Å²) in [6, 6.07) is 18.7. The first-order chi connectivity index (χ1) is 29.2. The number of carbonyl (C=O) groups is 3. The molecule has 2 aromatic carbocycles. The van der Waals surface area contributed by atoms with Crippen LogP contribution in [0.15, 0.2) is 77.9 Å². The maximum Gasteiger partial charge on any atom is 0.255 e. The first-order valence-corrected chi connectivity index (χ1v) is 21.6. The lowest BCUT2D eigenvalue weighted by molar-refractivity contribution is -0.138. The number of hydrogen-bond acceptors (Lipinski definition) is 9. The van der Waals surface area contributed by atoms with Gasteiger partial charge in [0.25, 0.3) is 5.56 Å². The summed E-state index contributed by atoms with van der Waals surface area (Å²) >= 11 is 0. The quantitative estimate of drug-likeness (QED) is 0.173. The minimum absolute atomic E-state index is 0.0158. The molecule has 13 nitrogen and oxygen atoms in total. The van der Waals surface area contributed by atoms with E-state index in [0.29, 0.717) is 41.9 Å². The van der Waals surface area contributed by atoms with Crippen LogP contribution in [0.1, 0.15) is 87.3 Å². The molecular formula is C46H52FN9O4. The molecule has 2 N–H and O–H groups in total. The number of anilines is 1. The van der Waals surface area contributed by atoms with Crippen LogP contribution in [0.2, 0.25) is 0 Å². The Balaban J connectivity index is 0.721. The molecule has 60 heavy (non-hydrogen) atoms. The van der Waals surface area contributed by atoms with Gasteiger partial charge in [-0.05, 0) is 113 Å². The van der Waals surface area contributed by atoms with E-state index in [1.54, 1.807) is 42.6 Å². The molecule has 1 aliphatic carbocycles. The van der Waals surface area contributed by atoms with Gasteiger partial charge in [0, 0.05) is 74.0 Å². The topological polar surface area (TPSA) is 147 Å². The Bertz CT molecular complexity index is 2460. The predicted octanol–water partition coefficient (Wildman–Crippen LogP) is 5.93. The van der Waals surface area contributed by atoms with Crippen molar-refractivity contribution in [2.45, 2.75) is 82.1 Å². The van der Waals surface area contributed by atoms with Gasteiger partial charge in [0.2, 0.25) is 23.7 Å². The second-order valence-electron chi connectivity index (χ2n) is 17.2. The fraction of sp³-hybridized carbons (Fsp3) is 0.457. The van der Waals surface area contributed by atoms with E-state index in [9.17, 15) is 19.2 Å². The molecule has 14 heteroatoms. The monoisotopic (exact) mass is 813 g/mol. The standard InChI is InChI=1S/C46H52FN9O4/c1-53-39-26-32(10-13-36(39)43(52-53)37-14-15-40(57)50-44(37)59)30-18-21-54(22-19-30)28-29-16-23-55(24-17-29)45(60)31-8-11-34(12-9-31)49-46-48-27-38(47)42(51-46)33-5-4-6-35(25-33)56-20-3-2-7-41(56)58/h2-7,10,13,20,25-27,29-31,34,37H,8-9,11-12,14-19,21-24,28H2,1H3,(H,48,49,51)(H,50,57,59)/t31-,34-,37?. The Morgan fingerprint density at radius 3 is 2.45 bits per heavy atom. The number of aromatic nitrogens is 5. The zero-order valence-corrected chi connectivity index (χ0v) is 34.1. The van der Waals surface area contributed by atoms with E-state index in [1.165, 1.54) is 22.4 Å². The largest absolute Gasteiger partial charge is 0.351 e. The lowest BCUT2D eigenvalue weighted by Crippen LogP contribution is -2.45. The van der Waals surface area contributed by atoms with Gasteiger partial charge in [0.1, 0.15) is 5.69 Å². The third-order valence-electron chi connectivity index (χ3n) is 13.3. The van der Waals surface area contributed by atoms with Crippen molar-refractivity contribution < 1.29 is 18.8 Å². The van der Waals surface area contributed by atoms with Gasteiger partial charge in [-0.3, -0.25) is 33.7 Å². The molecule has 9 rings (SSSR count). The summed E-state index contributed by atoms with van der Waals surface area (Å²) in [6.07, 6.45) is 11.2. The molecule has 1 atom stereocenters. The van der Waals surface area contributed by atoms with Crippen LogP contribution in [0.5, 0.6) is 0 Å². The number of rotatable bonds is 9. The zero-order chi connectivity index (χ0) is 41.3. The Morgan fingerprint density at radius 2 is 1.68 bits per heavy atom. The molecule has 5 aromatic rings. The Morgan fingerprint density at radius 1 is 0.883 bits per heavy atom. The highest BCUT2D eigenvalue weighted by molar-refractivity contribution is 6.02. The van der Waals surface area contributed by atoms with Crippen molar-refractivity contribution in [3.8, 4) is 16.9 Å². The molecule has 1 unspecified atom stereocenters. The summed E-state index contributed by atoms with van der Waals surface area (Å²) in [7, 11) is 1.93. The van der Waals surface area contributed by atoms with Crippen LogP contribution in [-0.2, 0) is 21.4 Å². The number of piperidine rings is 3. The summed E-state index contributed by atoms with van der Waals surface area (Å²) < 4.78 is 18.4. The van der Waals surface area contributed by atoms with Crippen molar-refractivity contribution in [2.24, 2.45) is 18.9 Å². The van der Waals surface area contributed by atoms with Gasteiger partial charge in [-0.25, -0.2) is 14.4 Å². The average Bonchev–Trinajstić information content (AvgIpc) is 3.59. The number of halogens is 1.